The monoisotopic (exact) mass is 529 g/mol. The molecule has 2 aromatic heterocycles. The molecule has 0 aliphatic carbocycles. The van der Waals surface area contributed by atoms with Crippen molar-refractivity contribution in [1.29, 1.82) is 0 Å². The first-order valence-corrected chi connectivity index (χ1v) is 13.6. The van der Waals surface area contributed by atoms with Crippen molar-refractivity contribution >= 4 is 44.8 Å². The summed E-state index contributed by atoms with van der Waals surface area (Å²) >= 11 is 1.41. The molecular weight excluding hydrogens is 498 g/mol. The summed E-state index contributed by atoms with van der Waals surface area (Å²) < 4.78 is 11.8. The summed E-state index contributed by atoms with van der Waals surface area (Å²) in [6.07, 6.45) is 2.95. The number of hydrogen-bond acceptors (Lipinski definition) is 7. The van der Waals surface area contributed by atoms with Crippen molar-refractivity contribution < 1.29 is 19.1 Å². The lowest BCUT2D eigenvalue weighted by Crippen LogP contribution is -2.44. The fraction of sp³-hybridized carbons (Fsp3) is 0.300. The molecule has 0 saturated carbocycles. The molecule has 4 aromatic rings. The van der Waals surface area contributed by atoms with Crippen molar-refractivity contribution in [2.24, 2.45) is 0 Å². The van der Waals surface area contributed by atoms with Crippen molar-refractivity contribution in [2.75, 3.05) is 30.9 Å². The summed E-state index contributed by atoms with van der Waals surface area (Å²) in [6, 6.07) is 15.9. The smallest absolute Gasteiger partial charge is 0.348 e. The molecule has 0 atom stereocenters. The van der Waals surface area contributed by atoms with Crippen LogP contribution < -0.4 is 11.1 Å². The van der Waals surface area contributed by atoms with E-state index in [0.29, 0.717) is 49.0 Å². The summed E-state index contributed by atoms with van der Waals surface area (Å²) in [5.74, 6) is 0.152. The number of esters is 1. The molecule has 5 rings (SSSR count). The van der Waals surface area contributed by atoms with Gasteiger partial charge in [-0.05, 0) is 85.5 Å². The molecule has 196 valence electrons. The van der Waals surface area contributed by atoms with Gasteiger partial charge in [-0.1, -0.05) is 24.3 Å². The van der Waals surface area contributed by atoms with Crippen LogP contribution in [-0.2, 0) is 19.7 Å². The minimum absolute atomic E-state index is 0.0589. The van der Waals surface area contributed by atoms with Crippen molar-refractivity contribution in [1.82, 2.24) is 4.98 Å². The molecule has 0 radical (unpaired) electrons. The van der Waals surface area contributed by atoms with Crippen LogP contribution in [0.4, 0.5) is 11.5 Å². The Hall–Kier alpha value is -3.75. The van der Waals surface area contributed by atoms with Gasteiger partial charge in [0, 0.05) is 35.4 Å². The first-order chi connectivity index (χ1) is 18.3. The molecule has 0 spiro atoms. The van der Waals surface area contributed by atoms with Crippen LogP contribution in [0.15, 0.2) is 54.7 Å². The molecule has 8 heteroatoms. The number of fused-ring (bicyclic) bond motifs is 1. The van der Waals surface area contributed by atoms with E-state index in [1.54, 1.807) is 13.1 Å². The molecule has 1 aliphatic rings. The van der Waals surface area contributed by atoms with Crippen molar-refractivity contribution in [3.05, 3.63) is 76.3 Å². The highest BCUT2D eigenvalue weighted by molar-refractivity contribution is 7.21. The maximum Gasteiger partial charge on any atom is 0.348 e. The molecule has 7 nitrogen and oxygen atoms in total. The van der Waals surface area contributed by atoms with E-state index < -0.39 is 5.41 Å². The summed E-state index contributed by atoms with van der Waals surface area (Å²) in [6.45, 7) is 7.01. The molecule has 2 aromatic carbocycles. The Kier molecular flexibility index (Phi) is 7.19. The lowest BCUT2D eigenvalue weighted by atomic mass is 9.73. The number of nitrogens with zero attached hydrogens (tertiary/aromatic N) is 1. The Balaban J connectivity index is 1.43. The highest BCUT2D eigenvalue weighted by atomic mass is 32.1. The maximum atomic E-state index is 13.9. The normalized spacial score (nSPS) is 14.8. The first kappa shape index (κ1) is 25.9. The predicted molar refractivity (Wildman–Crippen MR) is 152 cm³/mol. The van der Waals surface area contributed by atoms with Gasteiger partial charge in [-0.15, -0.1) is 11.3 Å². The Morgan fingerprint density at radius 3 is 2.50 bits per heavy atom. The maximum absolute atomic E-state index is 13.9. The van der Waals surface area contributed by atoms with Gasteiger partial charge in [-0.2, -0.15) is 0 Å². The summed E-state index contributed by atoms with van der Waals surface area (Å²) in [5, 5.41) is 4.10. The van der Waals surface area contributed by atoms with Gasteiger partial charge in [-0.25, -0.2) is 9.78 Å². The Morgan fingerprint density at radius 1 is 1.08 bits per heavy atom. The number of aryl methyl sites for hydroxylation is 2. The molecule has 1 fully saturated rings. The van der Waals surface area contributed by atoms with E-state index in [0.717, 1.165) is 37.9 Å². The van der Waals surface area contributed by atoms with E-state index in [4.69, 9.17) is 15.2 Å². The zero-order chi connectivity index (χ0) is 26.9. The fourth-order valence-corrected chi connectivity index (χ4v) is 6.12. The lowest BCUT2D eigenvalue weighted by molar-refractivity contribution is -0.125. The number of hydrogen-bond donors (Lipinski definition) is 2. The van der Waals surface area contributed by atoms with Gasteiger partial charge in [0.2, 0.25) is 5.91 Å². The SMILES string of the molecule is CCOC(=O)c1sc2ccc(NC(=O)C3(c4ccc(-c5cnc(N)c(C)c5)cc4)CCOCC3)cc2c1C. The Bertz CT molecular complexity index is 1500. The van der Waals surface area contributed by atoms with Crippen LogP contribution in [0.5, 0.6) is 0 Å². The van der Waals surface area contributed by atoms with Crippen molar-refractivity contribution in [3.63, 3.8) is 0 Å². The van der Waals surface area contributed by atoms with Gasteiger partial charge in [0.25, 0.3) is 0 Å². The average Bonchev–Trinajstić information content (AvgIpc) is 3.26. The number of carbonyl (C=O) groups excluding carboxylic acids is 2. The summed E-state index contributed by atoms with van der Waals surface area (Å²) in [4.78, 5) is 31.1. The molecular formula is C30H31N3O4S. The van der Waals surface area contributed by atoms with Gasteiger partial charge in [-0.3, -0.25) is 4.79 Å². The second kappa shape index (κ2) is 10.6. The number of rotatable bonds is 6. The van der Waals surface area contributed by atoms with E-state index in [1.165, 1.54) is 11.3 Å². The molecule has 1 saturated heterocycles. The number of ether oxygens (including phenoxy) is 2. The van der Waals surface area contributed by atoms with Gasteiger partial charge in [0.15, 0.2) is 0 Å². The van der Waals surface area contributed by atoms with E-state index >= 15 is 0 Å². The molecule has 3 N–H and O–H groups in total. The zero-order valence-electron chi connectivity index (χ0n) is 21.8. The van der Waals surface area contributed by atoms with Crippen LogP contribution in [0.25, 0.3) is 21.2 Å². The number of amides is 1. The number of anilines is 2. The Labute approximate surface area is 226 Å². The minimum Gasteiger partial charge on any atom is -0.462 e. The van der Waals surface area contributed by atoms with Crippen LogP contribution in [0, 0.1) is 13.8 Å². The van der Waals surface area contributed by atoms with Gasteiger partial charge in [0.05, 0.1) is 12.0 Å². The number of nitrogens with one attached hydrogen (secondary N) is 1. The van der Waals surface area contributed by atoms with Crippen molar-refractivity contribution in [3.8, 4) is 11.1 Å². The second-order valence-electron chi connectivity index (χ2n) is 9.64. The van der Waals surface area contributed by atoms with Crippen LogP contribution in [0.1, 0.15) is 46.1 Å². The quantitative estimate of drug-likeness (QED) is 0.296. The number of aromatic nitrogens is 1. The van der Waals surface area contributed by atoms with Crippen LogP contribution in [0.2, 0.25) is 0 Å². The zero-order valence-corrected chi connectivity index (χ0v) is 22.6. The van der Waals surface area contributed by atoms with Crippen LogP contribution >= 0.6 is 11.3 Å². The molecule has 0 bridgehead atoms. The lowest BCUT2D eigenvalue weighted by Gasteiger charge is -2.36. The predicted octanol–water partition coefficient (Wildman–Crippen LogP) is 6.03. The third-order valence-corrected chi connectivity index (χ3v) is 8.58. The van der Waals surface area contributed by atoms with Crippen LogP contribution in [-0.4, -0.2) is 36.7 Å². The molecule has 1 amide bonds. The first-order valence-electron chi connectivity index (χ1n) is 12.7. The number of pyridine rings is 1. The fourth-order valence-electron chi connectivity index (χ4n) is 5.03. The molecule has 38 heavy (non-hydrogen) atoms. The largest absolute Gasteiger partial charge is 0.462 e. The van der Waals surface area contributed by atoms with E-state index in [2.05, 4.69) is 10.3 Å². The minimum atomic E-state index is -0.708. The Morgan fingerprint density at radius 2 is 1.82 bits per heavy atom. The van der Waals surface area contributed by atoms with Gasteiger partial charge < -0.3 is 20.5 Å². The molecule has 3 heterocycles. The van der Waals surface area contributed by atoms with Gasteiger partial charge >= 0.3 is 5.97 Å². The highest BCUT2D eigenvalue weighted by Gasteiger charge is 2.41. The van der Waals surface area contributed by atoms with E-state index in [-0.39, 0.29) is 11.9 Å². The summed E-state index contributed by atoms with van der Waals surface area (Å²) in [5.41, 5.74) is 10.6. The number of carbonyl (C=O) groups is 2. The topological polar surface area (TPSA) is 104 Å². The van der Waals surface area contributed by atoms with Crippen molar-refractivity contribution in [2.45, 2.75) is 39.0 Å². The molecule has 1 aliphatic heterocycles. The van der Waals surface area contributed by atoms with Crippen LogP contribution in [0.3, 0.4) is 0 Å². The second-order valence-corrected chi connectivity index (χ2v) is 10.7. The summed E-state index contributed by atoms with van der Waals surface area (Å²) in [7, 11) is 0. The average molecular weight is 530 g/mol. The number of nitrogens with two attached hydrogens (primary N) is 1. The number of nitrogen functional groups attached to an aromatic ring is 1. The third kappa shape index (κ3) is 4.77. The standard InChI is InChI=1S/C30H31N3O4S/c1-4-37-28(34)26-19(3)24-16-23(9-10-25(24)38-26)33-29(35)30(11-13-36-14-12-30)22-7-5-20(6-8-22)21-15-18(2)27(31)32-17-21/h5-10,15-17H,4,11-14H2,1-3H3,(H2,31,32)(H,33,35). The molecule has 0 unspecified atom stereocenters. The van der Waals surface area contributed by atoms with E-state index in [1.807, 2.05) is 62.4 Å². The number of thiophene rings is 1. The number of benzene rings is 2. The highest BCUT2D eigenvalue weighted by Crippen LogP contribution is 2.38. The van der Waals surface area contributed by atoms with E-state index in [9.17, 15) is 9.59 Å². The third-order valence-electron chi connectivity index (χ3n) is 7.33. The van der Waals surface area contributed by atoms with Gasteiger partial charge in [0.1, 0.15) is 10.7 Å².